The van der Waals surface area contributed by atoms with Crippen LogP contribution in [0.25, 0.3) is 10.2 Å². The molecule has 4 aromatic rings. The van der Waals surface area contributed by atoms with Gasteiger partial charge < -0.3 is 0 Å². The predicted octanol–water partition coefficient (Wildman–Crippen LogP) is 5.24. The number of amides is 1. The first-order chi connectivity index (χ1) is 16.1. The van der Waals surface area contributed by atoms with Crippen molar-refractivity contribution in [2.75, 3.05) is 10.0 Å². The zero-order valence-corrected chi connectivity index (χ0v) is 18.6. The number of alkyl halides is 3. The minimum absolute atomic E-state index is 0.201. The average molecular weight is 502 g/mol. The number of rotatable bonds is 5. The maximum atomic E-state index is 13.3. The highest BCUT2D eigenvalue weighted by Gasteiger charge is 2.32. The largest absolute Gasteiger partial charge is 0.416 e. The Morgan fingerprint density at radius 1 is 1.03 bits per heavy atom. The van der Waals surface area contributed by atoms with Crippen LogP contribution in [-0.4, -0.2) is 19.3 Å². The summed E-state index contributed by atoms with van der Waals surface area (Å²) in [6, 6.07) is 15.8. The van der Waals surface area contributed by atoms with E-state index in [1.54, 1.807) is 24.3 Å². The summed E-state index contributed by atoms with van der Waals surface area (Å²) in [6.45, 7) is 0. The lowest BCUT2D eigenvalue weighted by atomic mass is 10.1. The van der Waals surface area contributed by atoms with Crippen LogP contribution in [0.4, 0.5) is 24.0 Å². The molecule has 0 bridgehead atoms. The SMILES string of the molecule is N#Cc1ccc(S(=O)(=O)Nc2cc(C(F)(F)F)ccc2C(=O)Nc2nc3ccccc3s2)cc1. The molecule has 12 heteroatoms. The molecule has 0 aliphatic heterocycles. The minimum atomic E-state index is -4.77. The van der Waals surface area contributed by atoms with Crippen molar-refractivity contribution in [2.45, 2.75) is 11.1 Å². The number of benzene rings is 3. The van der Waals surface area contributed by atoms with E-state index in [1.807, 2.05) is 6.07 Å². The first kappa shape index (κ1) is 23.2. The van der Waals surface area contributed by atoms with Gasteiger partial charge in [-0.3, -0.25) is 14.8 Å². The number of nitrogens with one attached hydrogen (secondary N) is 2. The molecule has 0 unspecified atom stereocenters. The summed E-state index contributed by atoms with van der Waals surface area (Å²) in [4.78, 5) is 16.8. The summed E-state index contributed by atoms with van der Waals surface area (Å²) < 4.78 is 68.3. The summed E-state index contributed by atoms with van der Waals surface area (Å²) in [7, 11) is -4.37. The maximum absolute atomic E-state index is 13.3. The monoisotopic (exact) mass is 502 g/mol. The van der Waals surface area contributed by atoms with E-state index in [9.17, 15) is 26.4 Å². The quantitative estimate of drug-likeness (QED) is 0.388. The highest BCUT2D eigenvalue weighted by atomic mass is 32.2. The van der Waals surface area contributed by atoms with E-state index in [1.165, 1.54) is 12.1 Å². The summed E-state index contributed by atoms with van der Waals surface area (Å²) in [5.41, 5.74) is -1.20. The van der Waals surface area contributed by atoms with Gasteiger partial charge in [-0.2, -0.15) is 18.4 Å². The molecule has 34 heavy (non-hydrogen) atoms. The molecule has 172 valence electrons. The number of nitriles is 1. The lowest BCUT2D eigenvalue weighted by Crippen LogP contribution is -2.20. The van der Waals surface area contributed by atoms with Gasteiger partial charge in [-0.15, -0.1) is 0 Å². The van der Waals surface area contributed by atoms with Gasteiger partial charge in [0.2, 0.25) is 0 Å². The van der Waals surface area contributed by atoms with Gasteiger partial charge in [0.05, 0.1) is 43.6 Å². The third-order valence-electron chi connectivity index (χ3n) is 4.64. The van der Waals surface area contributed by atoms with Gasteiger partial charge in [-0.1, -0.05) is 23.5 Å². The fourth-order valence-corrected chi connectivity index (χ4v) is 4.94. The van der Waals surface area contributed by atoms with Crippen molar-refractivity contribution in [3.63, 3.8) is 0 Å². The van der Waals surface area contributed by atoms with E-state index >= 15 is 0 Å². The van der Waals surface area contributed by atoms with Crippen molar-refractivity contribution in [1.82, 2.24) is 4.98 Å². The van der Waals surface area contributed by atoms with E-state index < -0.39 is 33.4 Å². The third kappa shape index (κ3) is 4.85. The number of nitrogens with zero attached hydrogens (tertiary/aromatic N) is 2. The first-order valence-corrected chi connectivity index (χ1v) is 11.8. The topological polar surface area (TPSA) is 112 Å². The van der Waals surface area contributed by atoms with E-state index in [0.29, 0.717) is 17.6 Å². The Balaban J connectivity index is 1.70. The van der Waals surface area contributed by atoms with Crippen molar-refractivity contribution >= 4 is 48.3 Å². The Bertz CT molecular complexity index is 1510. The number of halogens is 3. The van der Waals surface area contributed by atoms with E-state index in [-0.39, 0.29) is 21.2 Å². The number of anilines is 2. The molecule has 0 fully saturated rings. The standard InChI is InChI=1S/C22H13F3N4O3S2/c23-22(24,25)14-7-10-16(20(30)28-21-27-17-3-1-2-4-19(17)33-21)18(11-14)29-34(31,32)15-8-5-13(12-26)6-9-15/h1-11,29H,(H,27,28,30). The molecule has 7 nitrogen and oxygen atoms in total. The molecule has 0 aliphatic carbocycles. The zero-order chi connectivity index (χ0) is 24.5. The number of thiazole rings is 1. The first-order valence-electron chi connectivity index (χ1n) is 9.48. The highest BCUT2D eigenvalue weighted by Crippen LogP contribution is 2.34. The maximum Gasteiger partial charge on any atom is 0.416 e. The number of aromatic nitrogens is 1. The molecule has 0 saturated carbocycles. The van der Waals surface area contributed by atoms with Crippen LogP contribution in [0.5, 0.6) is 0 Å². The second-order valence-electron chi connectivity index (χ2n) is 6.94. The Morgan fingerprint density at radius 2 is 1.74 bits per heavy atom. The lowest BCUT2D eigenvalue weighted by Gasteiger charge is -2.15. The van der Waals surface area contributed by atoms with Gasteiger partial charge in [-0.05, 0) is 54.6 Å². The Morgan fingerprint density at radius 3 is 2.38 bits per heavy atom. The van der Waals surface area contributed by atoms with Crippen LogP contribution in [-0.2, 0) is 16.2 Å². The second kappa shape index (κ2) is 8.77. The number of carbonyl (C=O) groups is 1. The van der Waals surface area contributed by atoms with E-state index in [4.69, 9.17) is 5.26 Å². The molecule has 1 amide bonds. The van der Waals surface area contributed by atoms with Gasteiger partial charge >= 0.3 is 6.18 Å². The minimum Gasteiger partial charge on any atom is -0.298 e. The summed E-state index contributed by atoms with van der Waals surface area (Å²) >= 11 is 1.16. The van der Waals surface area contributed by atoms with Crippen LogP contribution >= 0.6 is 11.3 Å². The van der Waals surface area contributed by atoms with Gasteiger partial charge in [0.25, 0.3) is 15.9 Å². The number of fused-ring (bicyclic) bond motifs is 1. The molecule has 3 aromatic carbocycles. The zero-order valence-electron chi connectivity index (χ0n) is 16.9. The van der Waals surface area contributed by atoms with Gasteiger partial charge in [0.15, 0.2) is 5.13 Å². The highest BCUT2D eigenvalue weighted by molar-refractivity contribution is 7.92. The predicted molar refractivity (Wildman–Crippen MR) is 121 cm³/mol. The molecule has 0 aliphatic rings. The fraction of sp³-hybridized carbons (Fsp3) is 0.0455. The van der Waals surface area contributed by atoms with Gasteiger partial charge in [0.1, 0.15) is 0 Å². The molecule has 0 spiro atoms. The number of sulfonamides is 1. The Labute approximate surface area is 195 Å². The number of hydrogen-bond donors (Lipinski definition) is 2. The van der Waals surface area contributed by atoms with Crippen LogP contribution < -0.4 is 10.0 Å². The third-order valence-corrected chi connectivity index (χ3v) is 6.98. The lowest BCUT2D eigenvalue weighted by molar-refractivity contribution is -0.137. The molecule has 2 N–H and O–H groups in total. The summed E-state index contributed by atoms with van der Waals surface area (Å²) in [5.74, 6) is -0.842. The Hall–Kier alpha value is -3.95. The molecular formula is C22H13F3N4O3S2. The summed E-state index contributed by atoms with van der Waals surface area (Å²) in [5, 5.41) is 11.6. The van der Waals surface area contributed by atoms with Crippen molar-refractivity contribution < 1.29 is 26.4 Å². The molecule has 0 atom stereocenters. The van der Waals surface area contributed by atoms with Gasteiger partial charge in [-0.25, -0.2) is 13.4 Å². The molecule has 4 rings (SSSR count). The van der Waals surface area contributed by atoms with E-state index in [0.717, 1.165) is 34.2 Å². The van der Waals surface area contributed by atoms with Crippen LogP contribution in [0.15, 0.2) is 71.6 Å². The van der Waals surface area contributed by atoms with E-state index in [2.05, 4.69) is 15.0 Å². The molecular weight excluding hydrogens is 489 g/mol. The van der Waals surface area contributed by atoms with Crippen LogP contribution in [0, 0.1) is 11.3 Å². The Kier molecular flexibility index (Phi) is 5.99. The van der Waals surface area contributed by atoms with Crippen LogP contribution in [0.3, 0.4) is 0 Å². The van der Waals surface area contributed by atoms with Crippen molar-refractivity contribution in [3.05, 3.63) is 83.4 Å². The van der Waals surface area contributed by atoms with Gasteiger partial charge in [0, 0.05) is 0 Å². The smallest absolute Gasteiger partial charge is 0.298 e. The molecule has 1 heterocycles. The number of hydrogen-bond acceptors (Lipinski definition) is 6. The second-order valence-corrected chi connectivity index (χ2v) is 9.65. The molecule has 0 radical (unpaired) electrons. The molecule has 0 saturated heterocycles. The van der Waals surface area contributed by atoms with Crippen molar-refractivity contribution in [1.29, 1.82) is 5.26 Å². The van der Waals surface area contributed by atoms with Crippen LogP contribution in [0.1, 0.15) is 21.5 Å². The van der Waals surface area contributed by atoms with Crippen molar-refractivity contribution in [2.24, 2.45) is 0 Å². The number of carbonyl (C=O) groups excluding carboxylic acids is 1. The van der Waals surface area contributed by atoms with Crippen molar-refractivity contribution in [3.8, 4) is 6.07 Å². The number of para-hydroxylation sites is 1. The van der Waals surface area contributed by atoms with Crippen LogP contribution in [0.2, 0.25) is 0 Å². The average Bonchev–Trinajstić information content (AvgIpc) is 3.20. The summed E-state index contributed by atoms with van der Waals surface area (Å²) in [6.07, 6.45) is -4.77. The fourth-order valence-electron chi connectivity index (χ4n) is 3.01. The normalized spacial score (nSPS) is 11.7. The molecule has 1 aromatic heterocycles.